The second-order valence-electron chi connectivity index (χ2n) is 6.83. The molecule has 0 N–H and O–H groups in total. The van der Waals surface area contributed by atoms with Gasteiger partial charge >= 0.3 is 0 Å². The molecule has 0 aromatic carbocycles. The van der Waals surface area contributed by atoms with E-state index in [-0.39, 0.29) is 11.8 Å². The Labute approximate surface area is 137 Å². The van der Waals surface area contributed by atoms with Gasteiger partial charge in [-0.3, -0.25) is 9.59 Å². The van der Waals surface area contributed by atoms with Gasteiger partial charge in [-0.2, -0.15) is 0 Å². The Balaban J connectivity index is 1.54. The van der Waals surface area contributed by atoms with Crippen LogP contribution in [0.1, 0.15) is 54.6 Å². The van der Waals surface area contributed by atoms with Crippen molar-refractivity contribution in [1.29, 1.82) is 0 Å². The molecule has 2 aliphatic rings. The van der Waals surface area contributed by atoms with Gasteiger partial charge in [-0.15, -0.1) is 0 Å². The van der Waals surface area contributed by atoms with Gasteiger partial charge in [-0.1, -0.05) is 12.8 Å². The molecule has 0 radical (unpaired) electrons. The fourth-order valence-electron chi connectivity index (χ4n) is 3.70. The van der Waals surface area contributed by atoms with Crippen molar-refractivity contribution < 1.29 is 14.0 Å². The minimum Gasteiger partial charge on any atom is -0.469 e. The predicted octanol–water partition coefficient (Wildman–Crippen LogP) is 2.84. The maximum absolute atomic E-state index is 12.5. The molecule has 0 unspecified atom stereocenters. The molecule has 1 saturated carbocycles. The van der Waals surface area contributed by atoms with Crippen LogP contribution in [0.5, 0.6) is 0 Å². The van der Waals surface area contributed by atoms with Crippen molar-refractivity contribution in [2.24, 2.45) is 5.92 Å². The smallest absolute Gasteiger partial charge is 0.257 e. The molecule has 2 amide bonds. The lowest BCUT2D eigenvalue weighted by Crippen LogP contribution is -2.37. The number of furan rings is 1. The molecule has 0 atom stereocenters. The summed E-state index contributed by atoms with van der Waals surface area (Å²) in [5.41, 5.74) is 0.605. The van der Waals surface area contributed by atoms with Crippen LogP contribution in [0.3, 0.4) is 0 Å². The summed E-state index contributed by atoms with van der Waals surface area (Å²) in [5.74, 6) is 1.60. The molecule has 126 valence electrons. The summed E-state index contributed by atoms with van der Waals surface area (Å²) in [4.78, 5) is 28.7. The first kappa shape index (κ1) is 16.1. The number of carbonyl (C=O) groups is 2. The molecule has 3 rings (SSSR count). The molecule has 0 bridgehead atoms. The van der Waals surface area contributed by atoms with Gasteiger partial charge in [0.2, 0.25) is 5.91 Å². The summed E-state index contributed by atoms with van der Waals surface area (Å²) in [6.45, 7) is 4.56. The minimum absolute atomic E-state index is 0.00643. The SMILES string of the molecule is Cc1cc(C(=O)N2CCCN(C(=O)CC3CCCC3)CC2)co1. The van der Waals surface area contributed by atoms with E-state index in [4.69, 9.17) is 4.42 Å². The third kappa shape index (κ3) is 3.95. The third-order valence-corrected chi connectivity index (χ3v) is 5.05. The normalized spacial score (nSPS) is 19.9. The van der Waals surface area contributed by atoms with Crippen LogP contribution in [0.4, 0.5) is 0 Å². The standard InChI is InChI=1S/C18H26N2O3/c1-14-11-16(13-23-14)18(22)20-8-4-7-19(9-10-20)17(21)12-15-5-2-3-6-15/h11,13,15H,2-10,12H2,1H3. The molecule has 2 fully saturated rings. The molecule has 5 nitrogen and oxygen atoms in total. The lowest BCUT2D eigenvalue weighted by molar-refractivity contribution is -0.132. The maximum atomic E-state index is 12.5. The van der Waals surface area contributed by atoms with Crippen LogP contribution < -0.4 is 0 Å². The number of amides is 2. The zero-order valence-electron chi connectivity index (χ0n) is 13.9. The van der Waals surface area contributed by atoms with Crippen molar-refractivity contribution in [1.82, 2.24) is 9.80 Å². The summed E-state index contributed by atoms with van der Waals surface area (Å²) in [6.07, 6.45) is 7.99. The molecule has 1 aromatic rings. The molecule has 2 heterocycles. The summed E-state index contributed by atoms with van der Waals surface area (Å²) >= 11 is 0. The van der Waals surface area contributed by atoms with E-state index in [1.165, 1.54) is 31.9 Å². The second-order valence-corrected chi connectivity index (χ2v) is 6.83. The van der Waals surface area contributed by atoms with Crippen LogP contribution in [-0.2, 0) is 4.79 Å². The van der Waals surface area contributed by atoms with E-state index >= 15 is 0 Å². The Kier molecular flexibility index (Phi) is 5.03. The molecule has 1 aliphatic carbocycles. The average Bonchev–Trinajstić information content (AvgIpc) is 3.12. The van der Waals surface area contributed by atoms with E-state index in [0.29, 0.717) is 37.5 Å². The number of rotatable bonds is 3. The Morgan fingerprint density at radius 1 is 1.09 bits per heavy atom. The topological polar surface area (TPSA) is 53.8 Å². The summed E-state index contributed by atoms with van der Waals surface area (Å²) in [5, 5.41) is 0. The fourth-order valence-corrected chi connectivity index (χ4v) is 3.70. The maximum Gasteiger partial charge on any atom is 0.257 e. The van der Waals surface area contributed by atoms with E-state index < -0.39 is 0 Å². The number of nitrogens with zero attached hydrogens (tertiary/aromatic N) is 2. The van der Waals surface area contributed by atoms with Crippen LogP contribution >= 0.6 is 0 Å². The highest BCUT2D eigenvalue weighted by atomic mass is 16.3. The van der Waals surface area contributed by atoms with E-state index in [2.05, 4.69) is 0 Å². The van der Waals surface area contributed by atoms with Crippen molar-refractivity contribution in [2.45, 2.75) is 45.4 Å². The van der Waals surface area contributed by atoms with E-state index in [1.54, 1.807) is 6.07 Å². The van der Waals surface area contributed by atoms with E-state index in [0.717, 1.165) is 18.7 Å². The molecule has 23 heavy (non-hydrogen) atoms. The molecule has 1 aliphatic heterocycles. The zero-order chi connectivity index (χ0) is 16.2. The van der Waals surface area contributed by atoms with Gasteiger partial charge in [0.15, 0.2) is 0 Å². The molecule has 1 aromatic heterocycles. The Hall–Kier alpha value is -1.78. The Bertz CT molecular complexity index is 560. The van der Waals surface area contributed by atoms with Crippen LogP contribution in [-0.4, -0.2) is 47.8 Å². The Morgan fingerprint density at radius 3 is 2.48 bits per heavy atom. The van der Waals surface area contributed by atoms with Gasteiger partial charge in [0.1, 0.15) is 12.0 Å². The van der Waals surface area contributed by atoms with Gasteiger partial charge in [0.25, 0.3) is 5.91 Å². The molecular weight excluding hydrogens is 292 g/mol. The van der Waals surface area contributed by atoms with Gasteiger partial charge < -0.3 is 14.2 Å². The number of hydrogen-bond donors (Lipinski definition) is 0. The van der Waals surface area contributed by atoms with E-state index in [1.807, 2.05) is 16.7 Å². The average molecular weight is 318 g/mol. The van der Waals surface area contributed by atoms with Crippen LogP contribution in [0.2, 0.25) is 0 Å². The number of aryl methyl sites for hydroxylation is 1. The highest BCUT2D eigenvalue weighted by molar-refractivity contribution is 5.94. The molecule has 1 saturated heterocycles. The summed E-state index contributed by atoms with van der Waals surface area (Å²) in [7, 11) is 0. The van der Waals surface area contributed by atoms with Crippen LogP contribution in [0.25, 0.3) is 0 Å². The van der Waals surface area contributed by atoms with Gasteiger partial charge in [-0.25, -0.2) is 0 Å². The van der Waals surface area contributed by atoms with Crippen molar-refractivity contribution in [2.75, 3.05) is 26.2 Å². The summed E-state index contributed by atoms with van der Waals surface area (Å²) < 4.78 is 5.23. The first-order valence-electron chi connectivity index (χ1n) is 8.75. The highest BCUT2D eigenvalue weighted by Gasteiger charge is 2.26. The number of carbonyl (C=O) groups excluding carboxylic acids is 2. The molecule has 0 spiro atoms. The van der Waals surface area contributed by atoms with Gasteiger partial charge in [0.05, 0.1) is 5.56 Å². The monoisotopic (exact) mass is 318 g/mol. The predicted molar refractivity (Wildman–Crippen MR) is 87.1 cm³/mol. The first-order valence-corrected chi connectivity index (χ1v) is 8.75. The Morgan fingerprint density at radius 2 is 1.78 bits per heavy atom. The lowest BCUT2D eigenvalue weighted by Gasteiger charge is -2.23. The van der Waals surface area contributed by atoms with Gasteiger partial charge in [0, 0.05) is 32.6 Å². The summed E-state index contributed by atoms with van der Waals surface area (Å²) in [6, 6.07) is 1.77. The molecule has 5 heteroatoms. The highest BCUT2D eigenvalue weighted by Crippen LogP contribution is 2.28. The van der Waals surface area contributed by atoms with Crippen molar-refractivity contribution >= 4 is 11.8 Å². The lowest BCUT2D eigenvalue weighted by atomic mass is 10.0. The fraction of sp³-hybridized carbons (Fsp3) is 0.667. The quantitative estimate of drug-likeness (QED) is 0.861. The first-order chi connectivity index (χ1) is 11.1. The van der Waals surface area contributed by atoms with Crippen molar-refractivity contribution in [3.05, 3.63) is 23.7 Å². The second kappa shape index (κ2) is 7.20. The number of hydrogen-bond acceptors (Lipinski definition) is 3. The van der Waals surface area contributed by atoms with Crippen molar-refractivity contribution in [3.8, 4) is 0 Å². The minimum atomic E-state index is 0.00643. The van der Waals surface area contributed by atoms with Crippen LogP contribution in [0.15, 0.2) is 16.7 Å². The third-order valence-electron chi connectivity index (χ3n) is 5.05. The molecular formula is C18H26N2O3. The van der Waals surface area contributed by atoms with Gasteiger partial charge in [-0.05, 0) is 38.2 Å². The zero-order valence-corrected chi connectivity index (χ0v) is 13.9. The van der Waals surface area contributed by atoms with Crippen molar-refractivity contribution in [3.63, 3.8) is 0 Å². The van der Waals surface area contributed by atoms with Crippen LogP contribution in [0, 0.1) is 12.8 Å². The largest absolute Gasteiger partial charge is 0.469 e. The van der Waals surface area contributed by atoms with E-state index in [9.17, 15) is 9.59 Å².